The number of fused-ring (bicyclic) bond motifs is 1. The lowest BCUT2D eigenvalue weighted by Gasteiger charge is -2.05. The third-order valence-corrected chi connectivity index (χ3v) is 4.34. The minimum atomic E-state index is -2.73. The van der Waals surface area contributed by atoms with Crippen molar-refractivity contribution in [3.63, 3.8) is 0 Å². The van der Waals surface area contributed by atoms with Gasteiger partial charge in [-0.2, -0.15) is 15.3 Å². The molecule has 150 valence electrons. The zero-order chi connectivity index (χ0) is 20.5. The standard InChI is InChI=1S/C18H18F2N8O/c1-3-26-8-12(5-21-26)9-27-10-13(6-22-27)25-18(29)14-7-23-28-15(16(19)20)4-11(2)24-17(14)28/h4-8,10,16H,3,9H2,1-2H3,(H,25,29). The maximum atomic E-state index is 13.2. The largest absolute Gasteiger partial charge is 0.319 e. The first-order valence-electron chi connectivity index (χ1n) is 8.93. The van der Waals surface area contributed by atoms with Crippen molar-refractivity contribution in [2.75, 3.05) is 5.32 Å². The van der Waals surface area contributed by atoms with Gasteiger partial charge in [-0.05, 0) is 19.9 Å². The molecule has 0 aliphatic heterocycles. The maximum absolute atomic E-state index is 13.2. The van der Waals surface area contributed by atoms with Crippen LogP contribution < -0.4 is 5.32 Å². The lowest BCUT2D eigenvalue weighted by atomic mass is 10.3. The van der Waals surface area contributed by atoms with Gasteiger partial charge in [0.25, 0.3) is 12.3 Å². The van der Waals surface area contributed by atoms with Gasteiger partial charge in [0.1, 0.15) is 11.3 Å². The Kier molecular flexibility index (Phi) is 4.79. The minimum absolute atomic E-state index is 0.0807. The Labute approximate surface area is 164 Å². The highest BCUT2D eigenvalue weighted by Crippen LogP contribution is 2.22. The maximum Gasteiger partial charge on any atom is 0.280 e. The third-order valence-electron chi connectivity index (χ3n) is 4.34. The molecule has 4 rings (SSSR count). The Balaban J connectivity index is 1.53. The highest BCUT2D eigenvalue weighted by Gasteiger charge is 2.20. The van der Waals surface area contributed by atoms with Gasteiger partial charge in [0.2, 0.25) is 0 Å². The lowest BCUT2D eigenvalue weighted by Crippen LogP contribution is -2.12. The van der Waals surface area contributed by atoms with Crippen LogP contribution in [0.5, 0.6) is 0 Å². The molecule has 11 heteroatoms. The molecule has 0 fully saturated rings. The van der Waals surface area contributed by atoms with Crippen LogP contribution in [0.2, 0.25) is 0 Å². The van der Waals surface area contributed by atoms with Crippen molar-refractivity contribution in [2.45, 2.75) is 33.4 Å². The Morgan fingerprint density at radius 1 is 1.14 bits per heavy atom. The summed E-state index contributed by atoms with van der Waals surface area (Å²) >= 11 is 0. The molecule has 0 spiro atoms. The number of carbonyl (C=O) groups excluding carboxylic acids is 1. The molecular formula is C18H18F2N8O. The summed E-state index contributed by atoms with van der Waals surface area (Å²) < 4.78 is 30.9. The molecule has 4 aromatic heterocycles. The highest BCUT2D eigenvalue weighted by atomic mass is 19.3. The van der Waals surface area contributed by atoms with E-state index < -0.39 is 12.3 Å². The number of carbonyl (C=O) groups is 1. The molecule has 4 heterocycles. The summed E-state index contributed by atoms with van der Waals surface area (Å²) in [6, 6.07) is 1.25. The number of alkyl halides is 2. The Morgan fingerprint density at radius 2 is 1.93 bits per heavy atom. The van der Waals surface area contributed by atoms with E-state index in [0.29, 0.717) is 17.9 Å². The van der Waals surface area contributed by atoms with Crippen molar-refractivity contribution in [2.24, 2.45) is 0 Å². The van der Waals surface area contributed by atoms with E-state index in [1.54, 1.807) is 24.0 Å². The third kappa shape index (κ3) is 3.71. The molecule has 0 aromatic carbocycles. The molecule has 0 saturated heterocycles. The predicted molar refractivity (Wildman–Crippen MR) is 99.9 cm³/mol. The first-order chi connectivity index (χ1) is 13.9. The SMILES string of the molecule is CCn1cc(Cn2cc(NC(=O)c3cnn4c(C(F)F)cc(C)nc34)cn2)cn1. The van der Waals surface area contributed by atoms with Gasteiger partial charge >= 0.3 is 0 Å². The number of nitrogens with one attached hydrogen (secondary N) is 1. The Bertz CT molecular complexity index is 1180. The molecule has 0 unspecified atom stereocenters. The van der Waals surface area contributed by atoms with Gasteiger partial charge in [-0.25, -0.2) is 18.3 Å². The minimum Gasteiger partial charge on any atom is -0.319 e. The fraction of sp³-hybridized carbons (Fsp3) is 0.278. The molecule has 0 aliphatic rings. The van der Waals surface area contributed by atoms with Gasteiger partial charge in [-0.15, -0.1) is 0 Å². The normalized spacial score (nSPS) is 11.5. The molecule has 0 saturated carbocycles. The van der Waals surface area contributed by atoms with E-state index in [1.165, 1.54) is 18.5 Å². The van der Waals surface area contributed by atoms with Crippen LogP contribution in [0.3, 0.4) is 0 Å². The number of nitrogens with zero attached hydrogens (tertiary/aromatic N) is 7. The number of rotatable bonds is 6. The molecule has 1 amide bonds. The second kappa shape index (κ2) is 7.41. The molecular weight excluding hydrogens is 382 g/mol. The molecule has 0 radical (unpaired) electrons. The second-order valence-electron chi connectivity index (χ2n) is 6.50. The van der Waals surface area contributed by atoms with E-state index in [2.05, 4.69) is 25.6 Å². The van der Waals surface area contributed by atoms with E-state index in [4.69, 9.17) is 0 Å². The smallest absolute Gasteiger partial charge is 0.280 e. The summed E-state index contributed by atoms with van der Waals surface area (Å²) in [6.07, 6.45) is 5.37. The van der Waals surface area contributed by atoms with E-state index in [9.17, 15) is 13.6 Å². The summed E-state index contributed by atoms with van der Waals surface area (Å²) in [4.78, 5) is 16.8. The number of hydrogen-bond donors (Lipinski definition) is 1. The summed E-state index contributed by atoms with van der Waals surface area (Å²) in [5.41, 5.74) is 1.70. The van der Waals surface area contributed by atoms with E-state index >= 15 is 0 Å². The van der Waals surface area contributed by atoms with Crippen molar-refractivity contribution in [1.82, 2.24) is 34.2 Å². The first-order valence-corrected chi connectivity index (χ1v) is 8.93. The highest BCUT2D eigenvalue weighted by molar-refractivity contribution is 6.08. The Morgan fingerprint density at radius 3 is 2.66 bits per heavy atom. The van der Waals surface area contributed by atoms with Gasteiger partial charge in [0, 0.05) is 30.2 Å². The van der Waals surface area contributed by atoms with E-state index in [0.717, 1.165) is 16.6 Å². The molecule has 0 aliphatic carbocycles. The second-order valence-corrected chi connectivity index (χ2v) is 6.50. The van der Waals surface area contributed by atoms with Crippen LogP contribution in [-0.2, 0) is 13.1 Å². The Hall–Kier alpha value is -3.63. The average Bonchev–Trinajstić information content (AvgIpc) is 3.41. The van der Waals surface area contributed by atoms with Gasteiger partial charge in [-0.3, -0.25) is 14.2 Å². The van der Waals surface area contributed by atoms with Gasteiger partial charge in [-0.1, -0.05) is 0 Å². The molecule has 1 N–H and O–H groups in total. The molecule has 0 bridgehead atoms. The monoisotopic (exact) mass is 400 g/mol. The zero-order valence-corrected chi connectivity index (χ0v) is 15.8. The van der Waals surface area contributed by atoms with Crippen molar-refractivity contribution in [1.29, 1.82) is 0 Å². The number of aromatic nitrogens is 7. The summed E-state index contributed by atoms with van der Waals surface area (Å²) in [5.74, 6) is -0.503. The van der Waals surface area contributed by atoms with E-state index in [1.807, 2.05) is 17.8 Å². The topological polar surface area (TPSA) is 94.9 Å². The number of anilines is 1. The van der Waals surface area contributed by atoms with Crippen LogP contribution in [-0.4, -0.2) is 40.1 Å². The van der Waals surface area contributed by atoms with Gasteiger partial charge < -0.3 is 5.32 Å². The van der Waals surface area contributed by atoms with Crippen LogP contribution in [0.25, 0.3) is 5.65 Å². The van der Waals surface area contributed by atoms with Crippen LogP contribution >= 0.6 is 0 Å². The van der Waals surface area contributed by atoms with Gasteiger partial charge in [0.05, 0.1) is 30.8 Å². The van der Waals surface area contributed by atoms with Crippen molar-refractivity contribution < 1.29 is 13.6 Å². The number of aryl methyl sites for hydroxylation is 2. The number of halogens is 2. The van der Waals surface area contributed by atoms with Crippen LogP contribution in [0.4, 0.5) is 14.5 Å². The molecule has 0 atom stereocenters. The number of amides is 1. The van der Waals surface area contributed by atoms with Crippen molar-refractivity contribution in [3.05, 3.63) is 59.6 Å². The first kappa shape index (κ1) is 18.7. The fourth-order valence-electron chi connectivity index (χ4n) is 2.99. The van der Waals surface area contributed by atoms with E-state index in [-0.39, 0.29) is 16.9 Å². The molecule has 29 heavy (non-hydrogen) atoms. The van der Waals surface area contributed by atoms with Crippen LogP contribution in [0, 0.1) is 6.92 Å². The quantitative estimate of drug-likeness (QED) is 0.537. The molecule has 4 aromatic rings. The predicted octanol–water partition coefficient (Wildman–Crippen LogP) is 2.69. The summed E-state index contributed by atoms with van der Waals surface area (Å²) in [5, 5.41) is 15.0. The number of hydrogen-bond acceptors (Lipinski definition) is 5. The zero-order valence-electron chi connectivity index (χ0n) is 15.8. The average molecular weight is 400 g/mol. The van der Waals surface area contributed by atoms with Gasteiger partial charge in [0.15, 0.2) is 5.65 Å². The summed E-state index contributed by atoms with van der Waals surface area (Å²) in [6.45, 7) is 4.87. The fourth-order valence-corrected chi connectivity index (χ4v) is 2.99. The van der Waals surface area contributed by atoms with Crippen LogP contribution in [0.1, 0.15) is 40.7 Å². The molecule has 9 nitrogen and oxygen atoms in total. The van der Waals surface area contributed by atoms with Crippen molar-refractivity contribution in [3.8, 4) is 0 Å². The summed E-state index contributed by atoms with van der Waals surface area (Å²) in [7, 11) is 0. The van der Waals surface area contributed by atoms with Crippen LogP contribution in [0.15, 0.2) is 37.1 Å². The van der Waals surface area contributed by atoms with Crippen molar-refractivity contribution >= 4 is 17.2 Å². The lowest BCUT2D eigenvalue weighted by molar-refractivity contribution is 0.102.